The molecule has 28 heavy (non-hydrogen) atoms. The van der Waals surface area contributed by atoms with Crippen LogP contribution in [0, 0.1) is 0 Å². The summed E-state index contributed by atoms with van der Waals surface area (Å²) >= 11 is 0. The predicted octanol–water partition coefficient (Wildman–Crippen LogP) is 2.48. The van der Waals surface area contributed by atoms with Crippen molar-refractivity contribution in [3.05, 3.63) is 65.7 Å². The zero-order chi connectivity index (χ0) is 20.1. The first-order valence-corrected chi connectivity index (χ1v) is 11.3. The molecule has 0 bridgehead atoms. The largest absolute Gasteiger partial charge is 0.349 e. The van der Waals surface area contributed by atoms with Gasteiger partial charge in [0.15, 0.2) is 0 Å². The maximum atomic E-state index is 12.5. The number of likely N-dealkylation sites (tertiary alicyclic amines) is 1. The average Bonchev–Trinajstić information content (AvgIpc) is 2.68. The molecular formula is C21H27N3O3S. The Bertz CT molecular complexity index is 890. The van der Waals surface area contributed by atoms with Crippen LogP contribution in [0.15, 0.2) is 54.6 Å². The lowest BCUT2D eigenvalue weighted by Crippen LogP contribution is -2.43. The van der Waals surface area contributed by atoms with Crippen molar-refractivity contribution >= 4 is 21.6 Å². The van der Waals surface area contributed by atoms with E-state index in [2.05, 4.69) is 17.3 Å². The van der Waals surface area contributed by atoms with Crippen LogP contribution in [0.25, 0.3) is 0 Å². The molecule has 0 unspecified atom stereocenters. The molecule has 1 N–H and O–H groups in total. The van der Waals surface area contributed by atoms with Crippen LogP contribution >= 0.6 is 0 Å². The van der Waals surface area contributed by atoms with Gasteiger partial charge in [0.05, 0.1) is 18.5 Å². The molecule has 0 saturated carbocycles. The summed E-state index contributed by atoms with van der Waals surface area (Å²) in [5.41, 5.74) is 2.03. The van der Waals surface area contributed by atoms with Gasteiger partial charge in [0.25, 0.3) is 5.91 Å². The van der Waals surface area contributed by atoms with Crippen molar-refractivity contribution in [2.45, 2.75) is 25.4 Å². The van der Waals surface area contributed by atoms with Crippen LogP contribution in [0.3, 0.4) is 0 Å². The Morgan fingerprint density at radius 2 is 1.68 bits per heavy atom. The standard InChI is InChI=1S/C21H27N3O3S/c1-23-14-12-19(13-15-23)22-21(25)18-10-8-17(9-11-18)16-24(28(2,26)27)20-6-4-3-5-7-20/h3-11,19H,12-16H2,1-2H3,(H,22,25). The summed E-state index contributed by atoms with van der Waals surface area (Å²) in [7, 11) is -1.33. The molecule has 0 radical (unpaired) electrons. The molecule has 0 atom stereocenters. The minimum atomic E-state index is -3.42. The van der Waals surface area contributed by atoms with Gasteiger partial charge in [-0.2, -0.15) is 0 Å². The van der Waals surface area contributed by atoms with Crippen LogP contribution in [0.2, 0.25) is 0 Å². The van der Waals surface area contributed by atoms with Crippen molar-refractivity contribution in [1.29, 1.82) is 0 Å². The number of anilines is 1. The average molecular weight is 402 g/mol. The number of piperidine rings is 1. The molecule has 1 fully saturated rings. The molecule has 2 aromatic carbocycles. The van der Waals surface area contributed by atoms with Gasteiger partial charge in [0, 0.05) is 11.6 Å². The van der Waals surface area contributed by atoms with Gasteiger partial charge < -0.3 is 10.2 Å². The topological polar surface area (TPSA) is 69.7 Å². The second-order valence-corrected chi connectivity index (χ2v) is 9.26. The lowest BCUT2D eigenvalue weighted by atomic mass is 10.0. The van der Waals surface area contributed by atoms with Crippen LogP contribution in [0.5, 0.6) is 0 Å². The Balaban J connectivity index is 1.67. The molecular weight excluding hydrogens is 374 g/mol. The summed E-state index contributed by atoms with van der Waals surface area (Å²) < 4.78 is 25.8. The maximum Gasteiger partial charge on any atom is 0.251 e. The second-order valence-electron chi connectivity index (χ2n) is 7.35. The number of hydrogen-bond donors (Lipinski definition) is 1. The highest BCUT2D eigenvalue weighted by Gasteiger charge is 2.20. The number of rotatable bonds is 6. The van der Waals surface area contributed by atoms with Crippen LogP contribution in [-0.2, 0) is 16.6 Å². The molecule has 1 aliphatic heterocycles. The van der Waals surface area contributed by atoms with Crippen molar-refractivity contribution < 1.29 is 13.2 Å². The van der Waals surface area contributed by atoms with E-state index >= 15 is 0 Å². The maximum absolute atomic E-state index is 12.5. The normalized spacial score (nSPS) is 15.9. The Morgan fingerprint density at radius 1 is 1.07 bits per heavy atom. The fourth-order valence-electron chi connectivity index (χ4n) is 3.34. The number of carbonyl (C=O) groups excluding carboxylic acids is 1. The quantitative estimate of drug-likeness (QED) is 0.807. The lowest BCUT2D eigenvalue weighted by Gasteiger charge is -2.29. The third kappa shape index (κ3) is 5.33. The molecule has 1 amide bonds. The van der Waals surface area contributed by atoms with Crippen LogP contribution in [0.1, 0.15) is 28.8 Å². The molecule has 0 aromatic heterocycles. The molecule has 3 rings (SSSR count). The van der Waals surface area contributed by atoms with Gasteiger partial charge in [-0.3, -0.25) is 9.10 Å². The number of sulfonamides is 1. The van der Waals surface area contributed by atoms with Crippen molar-refractivity contribution in [1.82, 2.24) is 10.2 Å². The minimum Gasteiger partial charge on any atom is -0.349 e. The van der Waals surface area contributed by atoms with E-state index in [0.29, 0.717) is 11.3 Å². The van der Waals surface area contributed by atoms with Crippen LogP contribution in [-0.4, -0.2) is 51.7 Å². The van der Waals surface area contributed by atoms with E-state index in [-0.39, 0.29) is 18.5 Å². The fourth-order valence-corrected chi connectivity index (χ4v) is 4.23. The fraction of sp³-hybridized carbons (Fsp3) is 0.381. The molecule has 0 aliphatic carbocycles. The van der Waals surface area contributed by atoms with E-state index < -0.39 is 10.0 Å². The van der Waals surface area contributed by atoms with Gasteiger partial charge >= 0.3 is 0 Å². The number of hydrogen-bond acceptors (Lipinski definition) is 4. The number of amides is 1. The summed E-state index contributed by atoms with van der Waals surface area (Å²) in [5, 5.41) is 3.09. The number of nitrogens with zero attached hydrogens (tertiary/aromatic N) is 2. The first-order chi connectivity index (χ1) is 13.3. The molecule has 1 aliphatic rings. The number of para-hydroxylation sites is 1. The highest BCUT2D eigenvalue weighted by molar-refractivity contribution is 7.92. The van der Waals surface area contributed by atoms with Gasteiger partial charge in [0.2, 0.25) is 10.0 Å². The summed E-state index contributed by atoms with van der Waals surface area (Å²) in [4.78, 5) is 14.7. The van der Waals surface area contributed by atoms with Crippen LogP contribution in [0.4, 0.5) is 5.69 Å². The smallest absolute Gasteiger partial charge is 0.251 e. The van der Waals surface area contributed by atoms with E-state index in [1.54, 1.807) is 24.3 Å². The van der Waals surface area contributed by atoms with Crippen molar-refractivity contribution in [3.8, 4) is 0 Å². The number of carbonyl (C=O) groups is 1. The first-order valence-electron chi connectivity index (χ1n) is 9.44. The van der Waals surface area contributed by atoms with Gasteiger partial charge in [0.1, 0.15) is 0 Å². The van der Waals surface area contributed by atoms with Gasteiger partial charge in [-0.25, -0.2) is 8.42 Å². The Morgan fingerprint density at radius 3 is 2.25 bits per heavy atom. The van der Waals surface area contributed by atoms with E-state index in [9.17, 15) is 13.2 Å². The first kappa shape index (κ1) is 20.4. The van der Waals surface area contributed by atoms with Gasteiger partial charge in [-0.1, -0.05) is 30.3 Å². The van der Waals surface area contributed by atoms with Crippen molar-refractivity contribution in [2.24, 2.45) is 0 Å². The van der Waals surface area contributed by atoms with Crippen molar-refractivity contribution in [2.75, 3.05) is 30.7 Å². The second kappa shape index (κ2) is 8.75. The highest BCUT2D eigenvalue weighted by Crippen LogP contribution is 2.20. The van der Waals surface area contributed by atoms with E-state index in [1.807, 2.05) is 30.3 Å². The van der Waals surface area contributed by atoms with E-state index in [1.165, 1.54) is 10.6 Å². The molecule has 0 spiro atoms. The summed E-state index contributed by atoms with van der Waals surface area (Å²) in [6, 6.07) is 16.3. The molecule has 7 heteroatoms. The Kier molecular flexibility index (Phi) is 6.36. The van der Waals surface area contributed by atoms with Crippen molar-refractivity contribution in [3.63, 3.8) is 0 Å². The van der Waals surface area contributed by atoms with Crippen LogP contribution < -0.4 is 9.62 Å². The van der Waals surface area contributed by atoms with Gasteiger partial charge in [-0.15, -0.1) is 0 Å². The Labute approximate surface area is 167 Å². The monoisotopic (exact) mass is 401 g/mol. The van der Waals surface area contributed by atoms with E-state index in [0.717, 1.165) is 31.5 Å². The summed E-state index contributed by atoms with van der Waals surface area (Å²) in [6.07, 6.45) is 3.12. The third-order valence-electron chi connectivity index (χ3n) is 5.04. The number of nitrogens with one attached hydrogen (secondary N) is 1. The molecule has 1 heterocycles. The van der Waals surface area contributed by atoms with E-state index in [4.69, 9.17) is 0 Å². The lowest BCUT2D eigenvalue weighted by molar-refractivity contribution is 0.0917. The Hall–Kier alpha value is -2.38. The zero-order valence-electron chi connectivity index (χ0n) is 16.3. The highest BCUT2D eigenvalue weighted by atomic mass is 32.2. The SMILES string of the molecule is CN1CCC(NC(=O)c2ccc(CN(c3ccccc3)S(C)(=O)=O)cc2)CC1. The summed E-state index contributed by atoms with van der Waals surface area (Å²) in [5.74, 6) is -0.0795. The minimum absolute atomic E-state index is 0.0795. The molecule has 1 saturated heterocycles. The zero-order valence-corrected chi connectivity index (χ0v) is 17.2. The molecule has 6 nitrogen and oxygen atoms in total. The summed E-state index contributed by atoms with van der Waals surface area (Å²) in [6.45, 7) is 2.20. The predicted molar refractivity (Wildman–Crippen MR) is 112 cm³/mol. The third-order valence-corrected chi connectivity index (χ3v) is 6.18. The molecule has 150 valence electrons. The number of benzene rings is 2. The molecule has 2 aromatic rings. The van der Waals surface area contributed by atoms with Gasteiger partial charge in [-0.05, 0) is 62.8 Å².